The molecule has 35 heavy (non-hydrogen) atoms. The largest absolute Gasteiger partial charge is 0.368 e. The van der Waals surface area contributed by atoms with E-state index in [-0.39, 0.29) is 11.8 Å². The van der Waals surface area contributed by atoms with Crippen LogP contribution in [0.15, 0.2) is 66.7 Å². The topological polar surface area (TPSA) is 62.3 Å². The number of rotatable bonds is 4. The third-order valence-corrected chi connectivity index (χ3v) is 7.06. The van der Waals surface area contributed by atoms with Crippen molar-refractivity contribution in [3.63, 3.8) is 0 Å². The van der Waals surface area contributed by atoms with Crippen LogP contribution in [0.1, 0.15) is 33.5 Å². The highest BCUT2D eigenvalue weighted by molar-refractivity contribution is 5.97. The molecule has 1 fully saturated rings. The predicted octanol–water partition coefficient (Wildman–Crippen LogP) is 3.95. The monoisotopic (exact) mass is 469 g/mol. The molecule has 1 saturated heterocycles. The first kappa shape index (κ1) is 21.7. The van der Waals surface area contributed by atoms with E-state index in [1.807, 2.05) is 40.1 Å². The Hall–Kier alpha value is -3.84. The van der Waals surface area contributed by atoms with E-state index < -0.39 is 0 Å². The van der Waals surface area contributed by atoms with Crippen LogP contribution in [-0.4, -0.2) is 42.9 Å². The van der Waals surface area contributed by atoms with Gasteiger partial charge in [-0.05, 0) is 47.9 Å². The lowest BCUT2D eigenvalue weighted by Gasteiger charge is -2.37. The lowest BCUT2D eigenvalue weighted by molar-refractivity contribution is -0.194. The Morgan fingerprint density at radius 1 is 0.857 bits per heavy atom. The quantitative estimate of drug-likeness (QED) is 0.542. The lowest BCUT2D eigenvalue weighted by atomic mass is 9.99. The minimum Gasteiger partial charge on any atom is -0.368 e. The van der Waals surface area contributed by atoms with E-state index in [1.54, 1.807) is 6.07 Å². The van der Waals surface area contributed by atoms with Crippen LogP contribution in [0.5, 0.6) is 5.75 Å². The number of carbonyl (C=O) groups excluding carboxylic acids is 2. The summed E-state index contributed by atoms with van der Waals surface area (Å²) in [7, 11) is 0. The molecule has 0 spiro atoms. The second-order valence-electron chi connectivity index (χ2n) is 9.23. The van der Waals surface area contributed by atoms with Crippen LogP contribution < -0.4 is 14.7 Å². The van der Waals surface area contributed by atoms with Crippen LogP contribution in [0.2, 0.25) is 0 Å². The highest BCUT2D eigenvalue weighted by Gasteiger charge is 2.27. The molecule has 3 heterocycles. The van der Waals surface area contributed by atoms with Gasteiger partial charge in [-0.3, -0.25) is 9.59 Å². The lowest BCUT2D eigenvalue weighted by Crippen LogP contribution is -2.48. The Labute approximate surface area is 204 Å². The number of hydrogen-bond acceptors (Lipinski definition) is 5. The predicted molar refractivity (Wildman–Crippen MR) is 132 cm³/mol. The molecule has 0 N–H and O–H groups in total. The molecule has 178 valence electrons. The van der Waals surface area contributed by atoms with Crippen molar-refractivity contribution in [2.24, 2.45) is 0 Å². The van der Waals surface area contributed by atoms with Crippen LogP contribution >= 0.6 is 0 Å². The number of hydrogen-bond donors (Lipinski definition) is 0. The van der Waals surface area contributed by atoms with E-state index in [0.717, 1.165) is 42.0 Å². The SMILES string of the molecule is O=C(c1ccc2c(c1)OOC2)N1CCN(c2ccc3c(c2)CCC(=O)N3Cc2ccccc2)CC1. The van der Waals surface area contributed by atoms with E-state index in [1.165, 1.54) is 5.56 Å². The van der Waals surface area contributed by atoms with E-state index in [2.05, 4.69) is 35.2 Å². The molecule has 0 aliphatic carbocycles. The normalized spacial score (nSPS) is 17.1. The van der Waals surface area contributed by atoms with Crippen molar-refractivity contribution in [1.82, 2.24) is 4.90 Å². The first-order valence-corrected chi connectivity index (χ1v) is 12.1. The molecule has 3 aromatic rings. The van der Waals surface area contributed by atoms with Gasteiger partial charge in [-0.15, -0.1) is 0 Å². The molecule has 2 amide bonds. The van der Waals surface area contributed by atoms with Crippen LogP contribution in [0.3, 0.4) is 0 Å². The summed E-state index contributed by atoms with van der Waals surface area (Å²) in [6.07, 6.45) is 1.29. The van der Waals surface area contributed by atoms with Crippen molar-refractivity contribution in [3.8, 4) is 5.75 Å². The molecule has 7 heteroatoms. The smallest absolute Gasteiger partial charge is 0.254 e. The number of benzene rings is 3. The third kappa shape index (κ3) is 4.23. The summed E-state index contributed by atoms with van der Waals surface area (Å²) in [6, 6.07) is 22.0. The summed E-state index contributed by atoms with van der Waals surface area (Å²) >= 11 is 0. The molecule has 3 aliphatic heterocycles. The Kier molecular flexibility index (Phi) is 5.62. The average Bonchev–Trinajstić information content (AvgIpc) is 3.38. The minimum atomic E-state index is 0.0171. The van der Waals surface area contributed by atoms with Gasteiger partial charge >= 0.3 is 0 Å². The standard InChI is InChI=1S/C28H27N3O4/c32-27-11-8-21-16-24(9-10-25(21)31(27)18-20-4-2-1-3-5-20)29-12-14-30(15-13-29)28(33)22-6-7-23-19-34-35-26(23)17-22/h1-7,9-10,16-17H,8,11-15,18-19H2. The first-order chi connectivity index (χ1) is 17.2. The molecule has 7 nitrogen and oxygen atoms in total. The molecule has 3 aliphatic rings. The number of piperazine rings is 1. The fraction of sp³-hybridized carbons (Fsp3) is 0.286. The van der Waals surface area contributed by atoms with Gasteiger partial charge in [0.25, 0.3) is 5.91 Å². The number of aryl methyl sites for hydroxylation is 1. The first-order valence-electron chi connectivity index (χ1n) is 12.1. The van der Waals surface area contributed by atoms with Crippen LogP contribution in [0.25, 0.3) is 0 Å². The van der Waals surface area contributed by atoms with Crippen LogP contribution in [0.4, 0.5) is 11.4 Å². The van der Waals surface area contributed by atoms with Crippen LogP contribution in [-0.2, 0) is 29.3 Å². The van der Waals surface area contributed by atoms with E-state index >= 15 is 0 Å². The van der Waals surface area contributed by atoms with Gasteiger partial charge in [0.15, 0.2) is 5.75 Å². The van der Waals surface area contributed by atoms with Gasteiger partial charge in [-0.1, -0.05) is 36.4 Å². The van der Waals surface area contributed by atoms with Gasteiger partial charge in [0.1, 0.15) is 6.61 Å². The van der Waals surface area contributed by atoms with Crippen molar-refractivity contribution in [2.45, 2.75) is 26.0 Å². The van der Waals surface area contributed by atoms with Gasteiger partial charge in [-0.2, -0.15) is 4.89 Å². The third-order valence-electron chi connectivity index (χ3n) is 7.06. The minimum absolute atomic E-state index is 0.0171. The van der Waals surface area contributed by atoms with E-state index in [9.17, 15) is 9.59 Å². The fourth-order valence-corrected chi connectivity index (χ4v) is 5.07. The maximum atomic E-state index is 13.0. The summed E-state index contributed by atoms with van der Waals surface area (Å²) in [5, 5.41) is 0. The molecule has 0 atom stereocenters. The van der Waals surface area contributed by atoms with Crippen molar-refractivity contribution in [3.05, 3.63) is 89.0 Å². The van der Waals surface area contributed by atoms with E-state index in [4.69, 9.17) is 9.78 Å². The molecule has 0 saturated carbocycles. The Bertz CT molecular complexity index is 1270. The van der Waals surface area contributed by atoms with Gasteiger partial charge in [0, 0.05) is 55.1 Å². The van der Waals surface area contributed by atoms with Gasteiger partial charge < -0.3 is 19.6 Å². The number of fused-ring (bicyclic) bond motifs is 2. The van der Waals surface area contributed by atoms with Crippen molar-refractivity contribution in [2.75, 3.05) is 36.0 Å². The highest BCUT2D eigenvalue weighted by Crippen LogP contribution is 2.33. The van der Waals surface area contributed by atoms with Gasteiger partial charge in [0.2, 0.25) is 5.91 Å². The maximum absolute atomic E-state index is 13.0. The Morgan fingerprint density at radius 2 is 1.69 bits per heavy atom. The zero-order valence-corrected chi connectivity index (χ0v) is 19.5. The second kappa shape index (κ2) is 9.07. The summed E-state index contributed by atoms with van der Waals surface area (Å²) in [6.45, 7) is 3.85. The van der Waals surface area contributed by atoms with Gasteiger partial charge in [-0.25, -0.2) is 0 Å². The van der Waals surface area contributed by atoms with Gasteiger partial charge in [0.05, 0.1) is 6.54 Å². The molecule has 0 radical (unpaired) electrons. The molecule has 0 aromatic heterocycles. The summed E-state index contributed by atoms with van der Waals surface area (Å²) in [5.74, 6) is 0.816. The zero-order valence-electron chi connectivity index (χ0n) is 19.5. The molecule has 0 bridgehead atoms. The number of carbonyl (C=O) groups is 2. The average molecular weight is 470 g/mol. The molecule has 6 rings (SSSR count). The summed E-state index contributed by atoms with van der Waals surface area (Å²) in [5.41, 5.74) is 6.07. The van der Waals surface area contributed by atoms with Crippen molar-refractivity contribution >= 4 is 23.2 Å². The van der Waals surface area contributed by atoms with Crippen molar-refractivity contribution in [1.29, 1.82) is 0 Å². The summed E-state index contributed by atoms with van der Waals surface area (Å²) < 4.78 is 0. The molecular weight excluding hydrogens is 442 g/mol. The fourth-order valence-electron chi connectivity index (χ4n) is 5.07. The number of nitrogens with zero attached hydrogens (tertiary/aromatic N) is 3. The molecule has 3 aromatic carbocycles. The summed E-state index contributed by atoms with van der Waals surface area (Å²) in [4.78, 5) is 42.0. The van der Waals surface area contributed by atoms with Crippen LogP contribution in [0, 0.1) is 0 Å². The molecule has 0 unspecified atom stereocenters. The molecular formula is C28H27N3O4. The van der Waals surface area contributed by atoms with E-state index in [0.29, 0.717) is 44.0 Å². The Balaban J connectivity index is 1.13. The zero-order chi connectivity index (χ0) is 23.8. The maximum Gasteiger partial charge on any atom is 0.254 e. The van der Waals surface area contributed by atoms with Crippen molar-refractivity contribution < 1.29 is 19.4 Å². The number of anilines is 2. The second-order valence-corrected chi connectivity index (χ2v) is 9.23. The number of amides is 2. The Morgan fingerprint density at radius 3 is 2.51 bits per heavy atom. The highest BCUT2D eigenvalue weighted by atomic mass is 17.2.